The molecule has 2 rings (SSSR count). The molecule has 0 atom stereocenters. The monoisotopic (exact) mass is 348 g/mol. The lowest BCUT2D eigenvalue weighted by Gasteiger charge is -2.07. The van der Waals surface area contributed by atoms with Crippen LogP contribution >= 0.6 is 23.2 Å². The van der Waals surface area contributed by atoms with Crippen LogP contribution in [-0.4, -0.2) is 23.5 Å². The van der Waals surface area contributed by atoms with Gasteiger partial charge in [-0.15, -0.1) is 10.2 Å². The maximum Gasteiger partial charge on any atom is 0.291 e. The Morgan fingerprint density at radius 3 is 2.43 bits per heavy atom. The van der Waals surface area contributed by atoms with E-state index in [1.165, 1.54) is 18.2 Å². The van der Waals surface area contributed by atoms with Gasteiger partial charge in [-0.25, -0.2) is 8.42 Å². The molecule has 0 bridgehead atoms. The maximum absolute atomic E-state index is 12.2. The van der Waals surface area contributed by atoms with Crippen LogP contribution in [0.5, 0.6) is 0 Å². The van der Waals surface area contributed by atoms with E-state index in [9.17, 15) is 18.5 Å². The van der Waals surface area contributed by atoms with Crippen LogP contribution in [0, 0.1) is 10.1 Å². The van der Waals surface area contributed by atoms with Gasteiger partial charge in [0.25, 0.3) is 15.7 Å². The summed E-state index contributed by atoms with van der Waals surface area (Å²) in [5, 5.41) is 18.0. The highest BCUT2D eigenvalue weighted by Crippen LogP contribution is 2.28. The third-order valence-corrected chi connectivity index (χ3v) is 4.12. The number of nitro benzene ring substituents is 1. The highest BCUT2D eigenvalue weighted by molar-refractivity contribution is 7.92. The molecule has 1 aromatic heterocycles. The van der Waals surface area contributed by atoms with Crippen molar-refractivity contribution in [3.05, 3.63) is 50.6 Å². The molecule has 0 amide bonds. The van der Waals surface area contributed by atoms with Crippen molar-refractivity contribution in [1.82, 2.24) is 10.2 Å². The van der Waals surface area contributed by atoms with E-state index in [0.29, 0.717) is 0 Å². The fourth-order valence-corrected chi connectivity index (χ4v) is 2.84. The number of nitrogens with one attached hydrogen (secondary N) is 1. The Hall–Kier alpha value is -1.97. The molecule has 0 radical (unpaired) electrons. The minimum Gasteiger partial charge on any atom is -0.262 e. The van der Waals surface area contributed by atoms with E-state index in [1.54, 1.807) is 0 Å². The molecular formula is C10H6Cl2N4O4S. The number of rotatable bonds is 4. The van der Waals surface area contributed by atoms with Gasteiger partial charge < -0.3 is 0 Å². The van der Waals surface area contributed by atoms with Crippen molar-refractivity contribution in [2.75, 3.05) is 4.72 Å². The molecule has 0 aliphatic heterocycles. The minimum absolute atomic E-state index is 0.0481. The highest BCUT2D eigenvalue weighted by Gasteiger charge is 2.26. The van der Waals surface area contributed by atoms with Gasteiger partial charge in [-0.05, 0) is 24.3 Å². The van der Waals surface area contributed by atoms with Gasteiger partial charge in [0.15, 0.2) is 15.9 Å². The summed E-state index contributed by atoms with van der Waals surface area (Å²) in [5.74, 6) is -0.122. The fourth-order valence-electron chi connectivity index (χ4n) is 1.42. The predicted molar refractivity (Wildman–Crippen MR) is 76.0 cm³/mol. The summed E-state index contributed by atoms with van der Waals surface area (Å²) in [6, 6.07) is 5.81. The van der Waals surface area contributed by atoms with E-state index in [4.69, 9.17) is 23.2 Å². The largest absolute Gasteiger partial charge is 0.291 e. The van der Waals surface area contributed by atoms with Gasteiger partial charge >= 0.3 is 0 Å². The number of aromatic nitrogens is 2. The summed E-state index contributed by atoms with van der Waals surface area (Å²) in [6.07, 6.45) is 0. The summed E-state index contributed by atoms with van der Waals surface area (Å²) in [5.41, 5.74) is -0.642. The molecule has 8 nitrogen and oxygen atoms in total. The Labute approximate surface area is 128 Å². The predicted octanol–water partition coefficient (Wildman–Crippen LogP) is 2.49. The third kappa shape index (κ3) is 3.57. The Kier molecular flexibility index (Phi) is 4.26. The maximum atomic E-state index is 12.2. The SMILES string of the molecule is O=[N+]([O-])c1cc(Cl)ccc1S(=O)(=O)Nc1ccc(Cl)nn1. The number of hydrogen-bond donors (Lipinski definition) is 1. The van der Waals surface area contributed by atoms with Crippen molar-refractivity contribution in [2.45, 2.75) is 4.90 Å². The lowest BCUT2D eigenvalue weighted by molar-refractivity contribution is -0.387. The Bertz CT molecular complexity index is 795. The third-order valence-electron chi connectivity index (χ3n) is 2.28. The van der Waals surface area contributed by atoms with Crippen LogP contribution in [0.2, 0.25) is 10.2 Å². The van der Waals surface area contributed by atoms with Crippen molar-refractivity contribution in [2.24, 2.45) is 0 Å². The zero-order valence-electron chi connectivity index (χ0n) is 10.0. The van der Waals surface area contributed by atoms with E-state index >= 15 is 0 Å². The number of hydrogen-bond acceptors (Lipinski definition) is 6. The second-order valence-corrected chi connectivity index (χ2v) is 6.19. The molecule has 0 saturated carbocycles. The molecular weight excluding hydrogens is 343 g/mol. The van der Waals surface area contributed by atoms with Gasteiger partial charge in [0.05, 0.1) is 4.92 Å². The highest BCUT2D eigenvalue weighted by atomic mass is 35.5. The average molecular weight is 349 g/mol. The lowest BCUT2D eigenvalue weighted by Crippen LogP contribution is -2.15. The number of benzene rings is 1. The molecule has 11 heteroatoms. The first-order valence-electron chi connectivity index (χ1n) is 5.25. The van der Waals surface area contributed by atoms with Crippen LogP contribution in [0.15, 0.2) is 35.2 Å². The van der Waals surface area contributed by atoms with Gasteiger partial charge in [-0.3, -0.25) is 14.8 Å². The van der Waals surface area contributed by atoms with E-state index in [2.05, 4.69) is 14.9 Å². The summed E-state index contributed by atoms with van der Waals surface area (Å²) < 4.78 is 26.4. The molecule has 0 spiro atoms. The van der Waals surface area contributed by atoms with Crippen LogP contribution < -0.4 is 4.72 Å². The summed E-state index contributed by atoms with van der Waals surface area (Å²) in [4.78, 5) is 9.55. The van der Waals surface area contributed by atoms with Gasteiger partial charge in [0.1, 0.15) is 0 Å². The van der Waals surface area contributed by atoms with E-state index < -0.39 is 25.5 Å². The summed E-state index contributed by atoms with van der Waals surface area (Å²) in [6.45, 7) is 0. The number of halogens is 2. The van der Waals surface area contributed by atoms with E-state index in [-0.39, 0.29) is 16.0 Å². The molecule has 0 aliphatic rings. The zero-order chi connectivity index (χ0) is 15.6. The molecule has 2 aromatic rings. The van der Waals surface area contributed by atoms with E-state index in [1.807, 2.05) is 0 Å². The van der Waals surface area contributed by atoms with E-state index in [0.717, 1.165) is 12.1 Å². The zero-order valence-corrected chi connectivity index (χ0v) is 12.4. The molecule has 0 aliphatic carbocycles. The second-order valence-electron chi connectivity index (χ2n) is 3.72. The number of nitrogens with zero attached hydrogens (tertiary/aromatic N) is 3. The number of sulfonamides is 1. The molecule has 110 valence electrons. The Morgan fingerprint density at radius 1 is 1.14 bits per heavy atom. The van der Waals surface area contributed by atoms with Crippen LogP contribution in [0.1, 0.15) is 0 Å². The molecule has 0 unspecified atom stereocenters. The van der Waals surface area contributed by atoms with Crippen LogP contribution in [0.4, 0.5) is 11.5 Å². The van der Waals surface area contributed by atoms with Crippen LogP contribution in [0.25, 0.3) is 0 Å². The standard InChI is InChI=1S/C10H6Cl2N4O4S/c11-6-1-2-8(7(5-6)16(17)18)21(19,20)15-10-4-3-9(12)13-14-10/h1-5H,(H,14,15). The molecule has 1 aromatic carbocycles. The summed E-state index contributed by atoms with van der Waals surface area (Å²) >= 11 is 11.2. The van der Waals surface area contributed by atoms with Gasteiger partial charge in [0, 0.05) is 11.1 Å². The quantitative estimate of drug-likeness (QED) is 0.670. The smallest absolute Gasteiger partial charge is 0.262 e. The first-order valence-corrected chi connectivity index (χ1v) is 7.49. The fraction of sp³-hybridized carbons (Fsp3) is 0. The molecule has 0 fully saturated rings. The lowest BCUT2D eigenvalue weighted by atomic mass is 10.3. The number of anilines is 1. The Balaban J connectivity index is 2.44. The van der Waals surface area contributed by atoms with Crippen LogP contribution in [-0.2, 0) is 10.0 Å². The van der Waals surface area contributed by atoms with Gasteiger partial charge in [-0.1, -0.05) is 23.2 Å². The normalized spacial score (nSPS) is 11.1. The second kappa shape index (κ2) is 5.80. The van der Waals surface area contributed by atoms with Crippen molar-refractivity contribution in [3.8, 4) is 0 Å². The first kappa shape index (κ1) is 15.4. The minimum atomic E-state index is -4.21. The molecule has 1 N–H and O–H groups in total. The van der Waals surface area contributed by atoms with Crippen molar-refractivity contribution < 1.29 is 13.3 Å². The number of nitro groups is 1. The molecule has 21 heavy (non-hydrogen) atoms. The van der Waals surface area contributed by atoms with Crippen LogP contribution in [0.3, 0.4) is 0 Å². The van der Waals surface area contributed by atoms with Gasteiger partial charge in [-0.2, -0.15) is 0 Å². The average Bonchev–Trinajstić information content (AvgIpc) is 2.40. The summed E-state index contributed by atoms with van der Waals surface area (Å²) in [7, 11) is -4.21. The first-order chi connectivity index (χ1) is 9.79. The van der Waals surface area contributed by atoms with Crippen molar-refractivity contribution >= 4 is 44.7 Å². The topological polar surface area (TPSA) is 115 Å². The van der Waals surface area contributed by atoms with Crippen molar-refractivity contribution in [1.29, 1.82) is 0 Å². The molecule has 1 heterocycles. The molecule has 0 saturated heterocycles. The Morgan fingerprint density at radius 2 is 1.86 bits per heavy atom. The van der Waals surface area contributed by atoms with Crippen molar-refractivity contribution in [3.63, 3.8) is 0 Å². The van der Waals surface area contributed by atoms with Gasteiger partial charge in [0.2, 0.25) is 0 Å².